The molecule has 2 heterocycles. The molecule has 5 nitrogen and oxygen atoms in total. The molecule has 0 aliphatic rings. The van der Waals surface area contributed by atoms with Crippen LogP contribution in [0.5, 0.6) is 0 Å². The summed E-state index contributed by atoms with van der Waals surface area (Å²) in [5.74, 6) is 1.27. The van der Waals surface area contributed by atoms with Crippen LogP contribution in [-0.2, 0) is 11.2 Å². The molecule has 0 aliphatic carbocycles. The van der Waals surface area contributed by atoms with E-state index in [1.807, 2.05) is 42.6 Å². The minimum Gasteiger partial charge on any atom is -0.377 e. The number of aromatic nitrogens is 2. The molecule has 120 valence electrons. The van der Waals surface area contributed by atoms with Crippen molar-refractivity contribution >= 4 is 11.4 Å². The van der Waals surface area contributed by atoms with E-state index in [4.69, 9.17) is 4.74 Å². The number of imidazole rings is 1. The topological polar surface area (TPSA) is 55.6 Å². The lowest BCUT2D eigenvalue weighted by molar-refractivity contribution is 0.0745. The molecule has 0 aromatic carbocycles. The smallest absolute Gasteiger partial charge is 0.272 e. The van der Waals surface area contributed by atoms with Crippen molar-refractivity contribution in [1.29, 1.82) is 0 Å². The van der Waals surface area contributed by atoms with Gasteiger partial charge in [-0.2, -0.15) is 0 Å². The molecular formula is C17H25N3O2. The highest BCUT2D eigenvalue weighted by Crippen LogP contribution is 2.15. The maximum absolute atomic E-state index is 12.4. The van der Waals surface area contributed by atoms with Crippen molar-refractivity contribution in [2.45, 2.75) is 40.2 Å². The van der Waals surface area contributed by atoms with Crippen molar-refractivity contribution in [3.63, 3.8) is 0 Å². The van der Waals surface area contributed by atoms with Gasteiger partial charge in [-0.1, -0.05) is 19.9 Å². The maximum atomic E-state index is 12.4. The number of carbonyl (C=O) groups excluding carboxylic acids is 1. The van der Waals surface area contributed by atoms with Gasteiger partial charge < -0.3 is 14.5 Å². The minimum atomic E-state index is -0.147. The van der Waals surface area contributed by atoms with Gasteiger partial charge in [0.1, 0.15) is 5.82 Å². The lowest BCUT2D eigenvalue weighted by Crippen LogP contribution is -2.28. The molecule has 1 amide bonds. The summed E-state index contributed by atoms with van der Waals surface area (Å²) >= 11 is 0. The largest absolute Gasteiger partial charge is 0.377 e. The summed E-state index contributed by atoms with van der Waals surface area (Å²) in [6.45, 7) is 9.24. The standard InChI is InChI=1S/C17H25N3O2/c1-12(2)11-15-19-16(14-7-5-6-9-20(14)15)17(21)18-8-10-22-13(3)4/h5-7,9,12-13H,8,10-11H2,1-4H3,(H,18,21). The Morgan fingerprint density at radius 1 is 1.32 bits per heavy atom. The van der Waals surface area contributed by atoms with E-state index < -0.39 is 0 Å². The Morgan fingerprint density at radius 2 is 2.09 bits per heavy atom. The van der Waals surface area contributed by atoms with Crippen LogP contribution in [0.3, 0.4) is 0 Å². The zero-order valence-corrected chi connectivity index (χ0v) is 13.8. The number of fused-ring (bicyclic) bond motifs is 1. The van der Waals surface area contributed by atoms with E-state index in [0.717, 1.165) is 17.8 Å². The summed E-state index contributed by atoms with van der Waals surface area (Å²) in [6.07, 6.45) is 2.97. The third-order valence-electron chi connectivity index (χ3n) is 3.27. The molecular weight excluding hydrogens is 278 g/mol. The minimum absolute atomic E-state index is 0.147. The SMILES string of the molecule is CC(C)Cc1nc(C(=O)NCCOC(C)C)c2ccccn12. The highest BCUT2D eigenvalue weighted by atomic mass is 16.5. The van der Waals surface area contributed by atoms with E-state index in [0.29, 0.717) is 24.8 Å². The number of hydrogen-bond acceptors (Lipinski definition) is 3. The van der Waals surface area contributed by atoms with Gasteiger partial charge in [0.15, 0.2) is 5.69 Å². The number of nitrogens with zero attached hydrogens (tertiary/aromatic N) is 2. The van der Waals surface area contributed by atoms with Crippen LogP contribution >= 0.6 is 0 Å². The molecule has 0 saturated carbocycles. The summed E-state index contributed by atoms with van der Waals surface area (Å²) in [4.78, 5) is 16.9. The van der Waals surface area contributed by atoms with Gasteiger partial charge in [-0.3, -0.25) is 4.79 Å². The zero-order chi connectivity index (χ0) is 16.1. The van der Waals surface area contributed by atoms with E-state index in [1.165, 1.54) is 0 Å². The number of nitrogens with one attached hydrogen (secondary N) is 1. The van der Waals surface area contributed by atoms with Gasteiger partial charge in [0.05, 0.1) is 18.2 Å². The first kappa shape index (κ1) is 16.5. The van der Waals surface area contributed by atoms with Crippen molar-refractivity contribution in [3.05, 3.63) is 35.9 Å². The van der Waals surface area contributed by atoms with Gasteiger partial charge in [-0.25, -0.2) is 4.98 Å². The van der Waals surface area contributed by atoms with Crippen LogP contribution in [0, 0.1) is 5.92 Å². The summed E-state index contributed by atoms with van der Waals surface area (Å²) in [6, 6.07) is 5.81. The Kier molecular flexibility index (Phi) is 5.55. The second kappa shape index (κ2) is 7.40. The van der Waals surface area contributed by atoms with Crippen LogP contribution in [0.4, 0.5) is 0 Å². The van der Waals surface area contributed by atoms with Crippen LogP contribution in [0.2, 0.25) is 0 Å². The Balaban J connectivity index is 2.14. The number of carbonyl (C=O) groups is 1. The Morgan fingerprint density at radius 3 is 2.77 bits per heavy atom. The molecule has 0 atom stereocenters. The van der Waals surface area contributed by atoms with E-state index in [1.54, 1.807) is 0 Å². The average molecular weight is 303 g/mol. The summed E-state index contributed by atoms with van der Waals surface area (Å²) in [5, 5.41) is 2.87. The molecule has 2 aromatic heterocycles. The molecule has 2 aromatic rings. The predicted octanol–water partition coefficient (Wildman–Crippen LogP) is 2.69. The van der Waals surface area contributed by atoms with Gasteiger partial charge in [-0.15, -0.1) is 0 Å². The Hall–Kier alpha value is -1.88. The predicted molar refractivity (Wildman–Crippen MR) is 87.2 cm³/mol. The van der Waals surface area contributed by atoms with Crippen molar-refractivity contribution < 1.29 is 9.53 Å². The molecule has 0 radical (unpaired) electrons. The molecule has 0 bridgehead atoms. The van der Waals surface area contributed by atoms with E-state index in [-0.39, 0.29) is 12.0 Å². The first-order valence-corrected chi connectivity index (χ1v) is 7.84. The molecule has 1 N–H and O–H groups in total. The van der Waals surface area contributed by atoms with E-state index in [2.05, 4.69) is 24.1 Å². The van der Waals surface area contributed by atoms with Crippen LogP contribution in [0.25, 0.3) is 5.52 Å². The van der Waals surface area contributed by atoms with Crippen LogP contribution < -0.4 is 5.32 Å². The van der Waals surface area contributed by atoms with Gasteiger partial charge >= 0.3 is 0 Å². The molecule has 5 heteroatoms. The fraction of sp³-hybridized carbons (Fsp3) is 0.529. The van der Waals surface area contributed by atoms with Crippen LogP contribution in [0.1, 0.15) is 44.0 Å². The average Bonchev–Trinajstić information content (AvgIpc) is 2.82. The van der Waals surface area contributed by atoms with Crippen molar-refractivity contribution in [2.24, 2.45) is 5.92 Å². The lowest BCUT2D eigenvalue weighted by Gasteiger charge is -2.07. The van der Waals surface area contributed by atoms with E-state index >= 15 is 0 Å². The van der Waals surface area contributed by atoms with Crippen molar-refractivity contribution in [2.75, 3.05) is 13.2 Å². The molecule has 0 saturated heterocycles. The number of rotatable bonds is 7. The Bertz CT molecular complexity index is 632. The second-order valence-corrected chi connectivity index (χ2v) is 6.11. The third kappa shape index (κ3) is 4.07. The summed E-state index contributed by atoms with van der Waals surface area (Å²) < 4.78 is 7.43. The zero-order valence-electron chi connectivity index (χ0n) is 13.8. The van der Waals surface area contributed by atoms with Gasteiger partial charge in [0, 0.05) is 19.2 Å². The highest BCUT2D eigenvalue weighted by molar-refractivity contribution is 5.99. The molecule has 0 unspecified atom stereocenters. The highest BCUT2D eigenvalue weighted by Gasteiger charge is 2.17. The van der Waals surface area contributed by atoms with Crippen LogP contribution in [-0.4, -0.2) is 34.5 Å². The van der Waals surface area contributed by atoms with Crippen molar-refractivity contribution in [3.8, 4) is 0 Å². The molecule has 0 aliphatic heterocycles. The molecule has 0 spiro atoms. The summed E-state index contributed by atoms with van der Waals surface area (Å²) in [7, 11) is 0. The third-order valence-corrected chi connectivity index (χ3v) is 3.27. The fourth-order valence-corrected chi connectivity index (χ4v) is 2.32. The van der Waals surface area contributed by atoms with Gasteiger partial charge in [-0.05, 0) is 31.9 Å². The normalized spacial score (nSPS) is 11.5. The number of hydrogen-bond donors (Lipinski definition) is 1. The summed E-state index contributed by atoms with van der Waals surface area (Å²) in [5.41, 5.74) is 1.33. The molecule has 22 heavy (non-hydrogen) atoms. The first-order chi connectivity index (χ1) is 10.5. The molecule has 2 rings (SSSR count). The van der Waals surface area contributed by atoms with Gasteiger partial charge in [0.25, 0.3) is 5.91 Å². The van der Waals surface area contributed by atoms with Crippen LogP contribution in [0.15, 0.2) is 24.4 Å². The van der Waals surface area contributed by atoms with E-state index in [9.17, 15) is 4.79 Å². The first-order valence-electron chi connectivity index (χ1n) is 7.84. The fourth-order valence-electron chi connectivity index (χ4n) is 2.32. The van der Waals surface area contributed by atoms with Crippen molar-refractivity contribution in [1.82, 2.24) is 14.7 Å². The second-order valence-electron chi connectivity index (χ2n) is 6.11. The lowest BCUT2D eigenvalue weighted by atomic mass is 10.1. The number of ether oxygens (including phenoxy) is 1. The quantitative estimate of drug-likeness (QED) is 0.800. The Labute approximate surface area is 131 Å². The van der Waals surface area contributed by atoms with Gasteiger partial charge in [0.2, 0.25) is 0 Å². The maximum Gasteiger partial charge on any atom is 0.272 e. The monoisotopic (exact) mass is 303 g/mol. The molecule has 0 fully saturated rings. The number of pyridine rings is 1. The number of amides is 1.